The van der Waals surface area contributed by atoms with Gasteiger partial charge in [0.1, 0.15) is 11.4 Å². The van der Waals surface area contributed by atoms with Gasteiger partial charge in [0.2, 0.25) is 0 Å². The third-order valence-electron chi connectivity index (χ3n) is 4.55. The Labute approximate surface area is 154 Å². The second kappa shape index (κ2) is 6.60. The Morgan fingerprint density at radius 1 is 1.19 bits per heavy atom. The fraction of sp³-hybridized carbons (Fsp3) is 0.150. The molecule has 2 aromatic heterocycles. The summed E-state index contributed by atoms with van der Waals surface area (Å²) in [4.78, 5) is 29.7. The zero-order valence-electron chi connectivity index (χ0n) is 14.8. The quantitative estimate of drug-likeness (QED) is 0.517. The summed E-state index contributed by atoms with van der Waals surface area (Å²) in [5.74, 6) is -0.247. The molecule has 0 aliphatic heterocycles. The minimum absolute atomic E-state index is 0.114. The third kappa shape index (κ3) is 3.03. The normalized spacial score (nSPS) is 11.1. The zero-order valence-corrected chi connectivity index (χ0v) is 14.8. The van der Waals surface area contributed by atoms with Crippen molar-refractivity contribution in [2.24, 2.45) is 0 Å². The second-order valence-electron chi connectivity index (χ2n) is 6.49. The lowest BCUT2D eigenvalue weighted by Gasteiger charge is -2.06. The first kappa shape index (κ1) is 16.8. The number of amides is 1. The van der Waals surface area contributed by atoms with E-state index in [1.807, 2.05) is 31.2 Å². The van der Waals surface area contributed by atoms with Crippen molar-refractivity contribution in [2.45, 2.75) is 13.3 Å². The number of para-hydroxylation sites is 1. The number of carbonyl (C=O) groups is 1. The summed E-state index contributed by atoms with van der Waals surface area (Å²) in [7, 11) is 0. The summed E-state index contributed by atoms with van der Waals surface area (Å²) >= 11 is 0. The number of nitrogens with two attached hydrogens (primary N) is 1. The molecule has 2 heterocycles. The Kier molecular flexibility index (Phi) is 4.12. The molecule has 0 fully saturated rings. The van der Waals surface area contributed by atoms with Gasteiger partial charge in [-0.05, 0) is 31.0 Å². The molecule has 4 aromatic rings. The SMILES string of the molecule is Cc1ccc(CCNC(=O)c2c(N)[nH]n3c(=O)c4ccccc4nc23)cc1. The van der Waals surface area contributed by atoms with Crippen LogP contribution in [-0.4, -0.2) is 27.0 Å². The summed E-state index contributed by atoms with van der Waals surface area (Å²) in [6.07, 6.45) is 0.699. The van der Waals surface area contributed by atoms with Gasteiger partial charge in [-0.25, -0.2) is 4.98 Å². The zero-order chi connectivity index (χ0) is 19.0. The first-order valence-corrected chi connectivity index (χ1v) is 8.67. The van der Waals surface area contributed by atoms with E-state index in [2.05, 4.69) is 15.4 Å². The maximum absolute atomic E-state index is 12.7. The Morgan fingerprint density at radius 2 is 1.93 bits per heavy atom. The number of nitrogen functional groups attached to an aromatic ring is 1. The highest BCUT2D eigenvalue weighted by Gasteiger charge is 2.20. The van der Waals surface area contributed by atoms with Crippen LogP contribution in [0.3, 0.4) is 0 Å². The molecule has 136 valence electrons. The first-order valence-electron chi connectivity index (χ1n) is 8.67. The number of carbonyl (C=O) groups excluding carboxylic acids is 1. The smallest absolute Gasteiger partial charge is 0.280 e. The van der Waals surface area contributed by atoms with Crippen molar-refractivity contribution in [3.8, 4) is 0 Å². The van der Waals surface area contributed by atoms with E-state index in [0.717, 1.165) is 5.56 Å². The van der Waals surface area contributed by atoms with Crippen molar-refractivity contribution < 1.29 is 4.79 Å². The fourth-order valence-electron chi connectivity index (χ4n) is 3.09. The van der Waals surface area contributed by atoms with E-state index >= 15 is 0 Å². The van der Waals surface area contributed by atoms with Crippen LogP contribution in [0.1, 0.15) is 21.5 Å². The first-order chi connectivity index (χ1) is 13.0. The van der Waals surface area contributed by atoms with E-state index in [9.17, 15) is 9.59 Å². The predicted octanol–water partition coefficient (Wildman–Crippen LogP) is 2.04. The van der Waals surface area contributed by atoms with E-state index < -0.39 is 0 Å². The molecule has 7 heteroatoms. The number of hydrogen-bond donors (Lipinski definition) is 3. The van der Waals surface area contributed by atoms with Crippen LogP contribution >= 0.6 is 0 Å². The highest BCUT2D eigenvalue weighted by atomic mass is 16.2. The number of aromatic nitrogens is 3. The molecule has 4 rings (SSSR count). The van der Waals surface area contributed by atoms with Gasteiger partial charge in [0, 0.05) is 6.54 Å². The molecular formula is C20H19N5O2. The summed E-state index contributed by atoms with van der Waals surface area (Å²) in [6, 6.07) is 15.1. The van der Waals surface area contributed by atoms with Crippen molar-refractivity contribution in [3.05, 3.63) is 75.6 Å². The second-order valence-corrected chi connectivity index (χ2v) is 6.49. The predicted molar refractivity (Wildman–Crippen MR) is 105 cm³/mol. The molecule has 0 aliphatic rings. The number of nitrogens with zero attached hydrogens (tertiary/aromatic N) is 2. The van der Waals surface area contributed by atoms with Crippen LogP contribution < -0.4 is 16.6 Å². The third-order valence-corrected chi connectivity index (χ3v) is 4.55. The number of aryl methyl sites for hydroxylation is 1. The molecule has 0 bridgehead atoms. The molecule has 0 radical (unpaired) electrons. The summed E-state index contributed by atoms with van der Waals surface area (Å²) in [6.45, 7) is 2.49. The molecular weight excluding hydrogens is 342 g/mol. The van der Waals surface area contributed by atoms with Crippen LogP contribution in [0.4, 0.5) is 5.82 Å². The highest BCUT2D eigenvalue weighted by molar-refractivity contribution is 6.04. The monoisotopic (exact) mass is 361 g/mol. The fourth-order valence-corrected chi connectivity index (χ4v) is 3.09. The van der Waals surface area contributed by atoms with E-state index in [-0.39, 0.29) is 28.5 Å². The number of aromatic amines is 1. The highest BCUT2D eigenvalue weighted by Crippen LogP contribution is 2.17. The standard InChI is InChI=1S/C20H19N5O2/c1-12-6-8-13(9-7-12)10-11-22-19(26)16-17(21)24-25-18(16)23-15-5-3-2-4-14(15)20(25)27/h2-9,24H,10-11,21H2,1H3,(H,22,26). The van der Waals surface area contributed by atoms with Crippen molar-refractivity contribution in [2.75, 3.05) is 12.3 Å². The lowest BCUT2D eigenvalue weighted by Crippen LogP contribution is -2.26. The molecule has 0 aliphatic carbocycles. The maximum Gasteiger partial charge on any atom is 0.280 e. The minimum Gasteiger partial charge on any atom is -0.383 e. The van der Waals surface area contributed by atoms with Crippen LogP contribution in [0.5, 0.6) is 0 Å². The van der Waals surface area contributed by atoms with Crippen LogP contribution in [0, 0.1) is 6.92 Å². The maximum atomic E-state index is 12.7. The van der Waals surface area contributed by atoms with Gasteiger partial charge >= 0.3 is 0 Å². The van der Waals surface area contributed by atoms with Gasteiger partial charge < -0.3 is 11.1 Å². The van der Waals surface area contributed by atoms with E-state index in [0.29, 0.717) is 23.9 Å². The molecule has 2 aromatic carbocycles. The Balaban J connectivity index is 1.62. The Morgan fingerprint density at radius 3 is 2.70 bits per heavy atom. The number of nitrogens with one attached hydrogen (secondary N) is 2. The molecule has 1 amide bonds. The van der Waals surface area contributed by atoms with Crippen LogP contribution in [0.25, 0.3) is 16.6 Å². The van der Waals surface area contributed by atoms with Crippen LogP contribution in [-0.2, 0) is 6.42 Å². The molecule has 0 saturated carbocycles. The van der Waals surface area contributed by atoms with Gasteiger partial charge in [-0.15, -0.1) is 0 Å². The molecule has 0 atom stereocenters. The minimum atomic E-state index is -0.361. The van der Waals surface area contributed by atoms with Crippen LogP contribution in [0.15, 0.2) is 53.3 Å². The van der Waals surface area contributed by atoms with E-state index in [1.54, 1.807) is 24.3 Å². The number of hydrogen-bond acceptors (Lipinski definition) is 4. The van der Waals surface area contributed by atoms with Crippen molar-refractivity contribution in [3.63, 3.8) is 0 Å². The molecule has 0 unspecified atom stereocenters. The lowest BCUT2D eigenvalue weighted by atomic mass is 10.1. The largest absolute Gasteiger partial charge is 0.383 e. The van der Waals surface area contributed by atoms with Gasteiger partial charge in [0.25, 0.3) is 11.5 Å². The summed E-state index contributed by atoms with van der Waals surface area (Å²) in [5, 5.41) is 6.06. The number of benzene rings is 2. The number of H-pyrrole nitrogens is 1. The van der Waals surface area contributed by atoms with E-state index in [4.69, 9.17) is 5.73 Å². The molecule has 4 N–H and O–H groups in total. The van der Waals surface area contributed by atoms with Crippen molar-refractivity contribution in [1.82, 2.24) is 19.9 Å². The average molecular weight is 361 g/mol. The summed E-state index contributed by atoms with van der Waals surface area (Å²) in [5.41, 5.74) is 8.94. The van der Waals surface area contributed by atoms with Crippen molar-refractivity contribution >= 4 is 28.3 Å². The van der Waals surface area contributed by atoms with Gasteiger partial charge in [-0.3, -0.25) is 14.7 Å². The molecule has 0 spiro atoms. The topological polar surface area (TPSA) is 105 Å². The van der Waals surface area contributed by atoms with Crippen LogP contribution in [0.2, 0.25) is 0 Å². The number of rotatable bonds is 4. The Hall–Kier alpha value is -3.61. The van der Waals surface area contributed by atoms with Gasteiger partial charge in [0.05, 0.1) is 10.9 Å². The molecule has 7 nitrogen and oxygen atoms in total. The molecule has 0 saturated heterocycles. The average Bonchev–Trinajstić information content (AvgIpc) is 3.00. The Bertz CT molecular complexity index is 1200. The summed E-state index contributed by atoms with van der Waals surface area (Å²) < 4.78 is 1.21. The van der Waals surface area contributed by atoms with E-state index in [1.165, 1.54) is 10.1 Å². The number of fused-ring (bicyclic) bond motifs is 2. The van der Waals surface area contributed by atoms with Gasteiger partial charge in [-0.1, -0.05) is 42.0 Å². The van der Waals surface area contributed by atoms with Gasteiger partial charge in [-0.2, -0.15) is 4.52 Å². The lowest BCUT2D eigenvalue weighted by molar-refractivity contribution is 0.0956. The molecule has 27 heavy (non-hydrogen) atoms. The van der Waals surface area contributed by atoms with Crippen molar-refractivity contribution in [1.29, 1.82) is 0 Å². The van der Waals surface area contributed by atoms with Gasteiger partial charge in [0.15, 0.2) is 5.65 Å². The number of anilines is 1.